The van der Waals surface area contributed by atoms with Gasteiger partial charge in [0.2, 0.25) is 5.91 Å². The number of carbonyl (C=O) groups is 2. The molecule has 2 aromatic carbocycles. The minimum absolute atomic E-state index is 0.0475. The number of methoxy groups -OCH3 is 1. The summed E-state index contributed by atoms with van der Waals surface area (Å²) in [5.41, 5.74) is 8.05. The van der Waals surface area contributed by atoms with E-state index in [1.807, 2.05) is 36.4 Å². The van der Waals surface area contributed by atoms with Crippen molar-refractivity contribution in [3.05, 3.63) is 71.1 Å². The lowest BCUT2D eigenvalue weighted by atomic mass is 9.82. The normalized spacial score (nSPS) is 19.0. The third-order valence-electron chi connectivity index (χ3n) is 4.77. The van der Waals surface area contributed by atoms with Crippen molar-refractivity contribution in [2.24, 2.45) is 5.73 Å². The molecule has 0 radical (unpaired) electrons. The molecule has 2 aliphatic rings. The summed E-state index contributed by atoms with van der Waals surface area (Å²) in [6.45, 7) is 0.220. The molecular formula is C20H18N2O4. The first-order chi connectivity index (χ1) is 12.6. The molecular weight excluding hydrogens is 332 g/mol. The van der Waals surface area contributed by atoms with Crippen LogP contribution in [0.15, 0.2) is 60.0 Å². The van der Waals surface area contributed by atoms with Gasteiger partial charge in [-0.1, -0.05) is 36.4 Å². The molecule has 2 heterocycles. The molecule has 1 atom stereocenters. The zero-order valence-electron chi connectivity index (χ0n) is 14.3. The monoisotopic (exact) mass is 350 g/mol. The van der Waals surface area contributed by atoms with Gasteiger partial charge in [0.05, 0.1) is 19.2 Å². The Hall–Kier alpha value is -3.28. The van der Waals surface area contributed by atoms with Crippen LogP contribution in [0.5, 0.6) is 11.5 Å². The molecule has 1 saturated heterocycles. The van der Waals surface area contributed by atoms with Crippen molar-refractivity contribution in [3.63, 3.8) is 0 Å². The molecule has 0 spiro atoms. The smallest absolute Gasteiger partial charge is 0.262 e. The second-order valence-corrected chi connectivity index (χ2v) is 6.31. The fourth-order valence-electron chi connectivity index (χ4n) is 3.45. The third kappa shape index (κ3) is 2.60. The van der Waals surface area contributed by atoms with Crippen molar-refractivity contribution in [2.75, 3.05) is 7.11 Å². The molecule has 4 rings (SSSR count). The van der Waals surface area contributed by atoms with Gasteiger partial charge in [-0.25, -0.2) is 0 Å². The summed E-state index contributed by atoms with van der Waals surface area (Å²) < 4.78 is 10.9. The van der Waals surface area contributed by atoms with E-state index in [0.717, 1.165) is 11.1 Å². The van der Waals surface area contributed by atoms with Crippen molar-refractivity contribution in [1.29, 1.82) is 0 Å². The molecule has 2 N–H and O–H groups in total. The van der Waals surface area contributed by atoms with Gasteiger partial charge in [0.1, 0.15) is 11.5 Å². The van der Waals surface area contributed by atoms with E-state index in [9.17, 15) is 9.59 Å². The molecule has 6 nitrogen and oxygen atoms in total. The lowest BCUT2D eigenvalue weighted by Crippen LogP contribution is -2.46. The predicted molar refractivity (Wildman–Crippen MR) is 94.2 cm³/mol. The first-order valence-corrected chi connectivity index (χ1v) is 8.32. The summed E-state index contributed by atoms with van der Waals surface area (Å²) in [6, 6.07) is 14.7. The summed E-state index contributed by atoms with van der Waals surface area (Å²) in [5, 5.41) is 0. The van der Waals surface area contributed by atoms with Gasteiger partial charge in [-0.15, -0.1) is 0 Å². The Kier molecular flexibility index (Phi) is 3.88. The Morgan fingerprint density at radius 2 is 1.96 bits per heavy atom. The van der Waals surface area contributed by atoms with E-state index in [1.54, 1.807) is 19.2 Å². The quantitative estimate of drug-likeness (QED) is 0.859. The first kappa shape index (κ1) is 16.2. The Morgan fingerprint density at radius 1 is 1.19 bits per heavy atom. The summed E-state index contributed by atoms with van der Waals surface area (Å²) in [6.07, 6.45) is 0.178. The van der Waals surface area contributed by atoms with E-state index >= 15 is 0 Å². The molecule has 1 unspecified atom stereocenters. The molecule has 0 bridgehead atoms. The second kappa shape index (κ2) is 6.22. The van der Waals surface area contributed by atoms with Gasteiger partial charge in [-0.05, 0) is 11.6 Å². The molecule has 26 heavy (non-hydrogen) atoms. The maximum absolute atomic E-state index is 13.0. The van der Waals surface area contributed by atoms with Crippen LogP contribution in [0, 0.1) is 0 Å². The maximum Gasteiger partial charge on any atom is 0.262 e. The number of likely N-dealkylation sites (tertiary alicyclic amines) is 1. The van der Waals surface area contributed by atoms with Crippen LogP contribution in [0.3, 0.4) is 0 Å². The zero-order valence-corrected chi connectivity index (χ0v) is 14.3. The Labute approximate surface area is 150 Å². The van der Waals surface area contributed by atoms with E-state index < -0.39 is 11.8 Å². The number of imide groups is 1. The van der Waals surface area contributed by atoms with Crippen LogP contribution in [0.1, 0.15) is 23.5 Å². The molecule has 2 amide bonds. The lowest BCUT2D eigenvalue weighted by molar-refractivity contribution is -0.146. The van der Waals surface area contributed by atoms with Crippen LogP contribution < -0.4 is 15.2 Å². The number of fused-ring (bicyclic) bond motifs is 3. The zero-order chi connectivity index (χ0) is 18.3. The Bertz CT molecular complexity index is 921. The number of amides is 2. The first-order valence-electron chi connectivity index (χ1n) is 8.32. The average Bonchev–Trinajstić information content (AvgIpc) is 2.65. The topological polar surface area (TPSA) is 81.9 Å². The molecule has 2 aromatic rings. The highest BCUT2D eigenvalue weighted by atomic mass is 16.5. The molecule has 1 fully saturated rings. The van der Waals surface area contributed by atoms with Crippen LogP contribution in [-0.4, -0.2) is 23.8 Å². The van der Waals surface area contributed by atoms with Gasteiger partial charge < -0.3 is 15.2 Å². The number of ether oxygens (including phenoxy) is 2. The van der Waals surface area contributed by atoms with Crippen molar-refractivity contribution in [1.82, 2.24) is 4.90 Å². The number of hydrogen-bond acceptors (Lipinski definition) is 5. The van der Waals surface area contributed by atoms with Gasteiger partial charge >= 0.3 is 0 Å². The van der Waals surface area contributed by atoms with Crippen molar-refractivity contribution >= 4 is 11.8 Å². The van der Waals surface area contributed by atoms with E-state index in [1.165, 1.54) is 4.90 Å². The van der Waals surface area contributed by atoms with Crippen LogP contribution in [-0.2, 0) is 16.1 Å². The van der Waals surface area contributed by atoms with E-state index in [0.29, 0.717) is 17.1 Å². The van der Waals surface area contributed by atoms with Crippen LogP contribution >= 0.6 is 0 Å². The summed E-state index contributed by atoms with van der Waals surface area (Å²) in [7, 11) is 1.56. The number of hydrogen-bond donors (Lipinski definition) is 1. The predicted octanol–water partition coefficient (Wildman–Crippen LogP) is 2.30. The third-order valence-corrected chi connectivity index (χ3v) is 4.77. The molecule has 0 aromatic heterocycles. The molecule has 2 aliphatic heterocycles. The summed E-state index contributed by atoms with van der Waals surface area (Å²) >= 11 is 0. The van der Waals surface area contributed by atoms with Gasteiger partial charge in [0.25, 0.3) is 5.91 Å². The van der Waals surface area contributed by atoms with E-state index in [4.69, 9.17) is 15.2 Å². The Morgan fingerprint density at radius 3 is 2.69 bits per heavy atom. The average molecular weight is 350 g/mol. The minimum Gasteiger partial charge on any atom is -0.497 e. The highest BCUT2D eigenvalue weighted by Crippen LogP contribution is 2.44. The molecule has 132 valence electrons. The van der Waals surface area contributed by atoms with Crippen LogP contribution in [0.2, 0.25) is 0 Å². The SMILES string of the molecule is COc1ccc2c(c1)OC(N)=C1C(=O)N(Cc3ccccc3)C(=O)CC12. The standard InChI is InChI=1S/C20H18N2O4/c1-25-13-7-8-14-15-10-17(23)22(11-12-5-3-2-4-6-12)20(24)18(15)19(21)26-16(14)9-13/h2-9,15H,10-11,21H2,1H3. The highest BCUT2D eigenvalue weighted by molar-refractivity contribution is 6.09. The molecule has 0 aliphatic carbocycles. The largest absolute Gasteiger partial charge is 0.497 e. The number of carbonyl (C=O) groups excluding carboxylic acids is 2. The Balaban J connectivity index is 1.69. The fourth-order valence-corrected chi connectivity index (χ4v) is 3.45. The van der Waals surface area contributed by atoms with E-state index in [-0.39, 0.29) is 24.8 Å². The number of nitrogens with two attached hydrogens (primary N) is 1. The van der Waals surface area contributed by atoms with Crippen LogP contribution in [0.25, 0.3) is 0 Å². The van der Waals surface area contributed by atoms with Gasteiger partial charge in [0, 0.05) is 24.0 Å². The van der Waals surface area contributed by atoms with Gasteiger partial charge in [-0.3, -0.25) is 14.5 Å². The van der Waals surface area contributed by atoms with Crippen molar-refractivity contribution in [3.8, 4) is 11.5 Å². The maximum atomic E-state index is 13.0. The van der Waals surface area contributed by atoms with E-state index in [2.05, 4.69) is 0 Å². The minimum atomic E-state index is -0.394. The number of rotatable bonds is 3. The number of nitrogens with zero attached hydrogens (tertiary/aromatic N) is 1. The van der Waals surface area contributed by atoms with Crippen molar-refractivity contribution in [2.45, 2.75) is 18.9 Å². The highest BCUT2D eigenvalue weighted by Gasteiger charge is 2.43. The van der Waals surface area contributed by atoms with Gasteiger partial charge in [-0.2, -0.15) is 0 Å². The summed E-state index contributed by atoms with van der Waals surface area (Å²) in [5.74, 6) is 0.188. The van der Waals surface area contributed by atoms with Crippen LogP contribution in [0.4, 0.5) is 0 Å². The second-order valence-electron chi connectivity index (χ2n) is 6.31. The molecule has 0 saturated carbocycles. The number of piperidine rings is 1. The van der Waals surface area contributed by atoms with Gasteiger partial charge in [0.15, 0.2) is 5.88 Å². The number of benzene rings is 2. The summed E-state index contributed by atoms with van der Waals surface area (Å²) in [4.78, 5) is 26.9. The molecule has 6 heteroatoms. The fraction of sp³-hybridized carbons (Fsp3) is 0.200. The van der Waals surface area contributed by atoms with Crippen molar-refractivity contribution < 1.29 is 19.1 Å². The lowest BCUT2D eigenvalue weighted by Gasteiger charge is -2.36.